The summed E-state index contributed by atoms with van der Waals surface area (Å²) in [5, 5.41) is 16.0. The van der Waals surface area contributed by atoms with Gasteiger partial charge in [-0.05, 0) is 40.8 Å². The first-order valence-electron chi connectivity index (χ1n) is 9.47. The molecular formula is C24H20Cl2N2O2. The van der Waals surface area contributed by atoms with Crippen LogP contribution in [-0.2, 0) is 5.41 Å². The van der Waals surface area contributed by atoms with Gasteiger partial charge in [-0.25, -0.2) is 0 Å². The Labute approximate surface area is 185 Å². The van der Waals surface area contributed by atoms with Crippen molar-refractivity contribution in [2.45, 2.75) is 26.2 Å². The molecule has 4 aromatic rings. The Morgan fingerprint density at radius 3 is 2.13 bits per heavy atom. The van der Waals surface area contributed by atoms with E-state index in [2.05, 4.69) is 30.9 Å². The molecule has 1 aromatic heterocycles. The van der Waals surface area contributed by atoms with Crippen LogP contribution in [0.3, 0.4) is 0 Å². The molecule has 0 spiro atoms. The molecule has 6 heteroatoms. The van der Waals surface area contributed by atoms with Crippen molar-refractivity contribution in [2.75, 3.05) is 0 Å². The molecule has 0 unspecified atom stereocenters. The van der Waals surface area contributed by atoms with Gasteiger partial charge in [-0.1, -0.05) is 85.5 Å². The zero-order valence-corrected chi connectivity index (χ0v) is 18.3. The van der Waals surface area contributed by atoms with Crippen molar-refractivity contribution in [1.82, 2.24) is 10.1 Å². The number of aromatic nitrogens is 2. The fourth-order valence-electron chi connectivity index (χ4n) is 3.21. The van der Waals surface area contributed by atoms with Gasteiger partial charge in [-0.15, -0.1) is 0 Å². The molecule has 0 saturated carbocycles. The van der Waals surface area contributed by atoms with Gasteiger partial charge >= 0.3 is 0 Å². The summed E-state index contributed by atoms with van der Waals surface area (Å²) >= 11 is 12.6. The van der Waals surface area contributed by atoms with E-state index in [1.807, 2.05) is 42.5 Å². The van der Waals surface area contributed by atoms with Crippen LogP contribution < -0.4 is 0 Å². The number of nitrogens with zero attached hydrogens (tertiary/aromatic N) is 2. The van der Waals surface area contributed by atoms with Gasteiger partial charge in [0.1, 0.15) is 5.75 Å². The SMILES string of the molecule is CC(C)(C)c1cc(-c2ccccc2)c(O)c(-c2noc(-c3c(Cl)cccc3Cl)n2)c1. The van der Waals surface area contributed by atoms with Crippen LogP contribution in [0.1, 0.15) is 26.3 Å². The second-order valence-corrected chi connectivity index (χ2v) is 8.87. The molecule has 0 saturated heterocycles. The highest BCUT2D eigenvalue weighted by atomic mass is 35.5. The molecule has 0 aliphatic heterocycles. The highest BCUT2D eigenvalue weighted by Gasteiger charge is 2.24. The molecule has 3 aromatic carbocycles. The van der Waals surface area contributed by atoms with Gasteiger partial charge in [0.15, 0.2) is 0 Å². The summed E-state index contributed by atoms with van der Waals surface area (Å²) < 4.78 is 5.45. The molecule has 152 valence electrons. The Kier molecular flexibility index (Phi) is 5.31. The van der Waals surface area contributed by atoms with Gasteiger partial charge in [0, 0.05) is 5.56 Å². The van der Waals surface area contributed by atoms with Crippen molar-refractivity contribution in [2.24, 2.45) is 0 Å². The van der Waals surface area contributed by atoms with E-state index in [1.165, 1.54) is 0 Å². The van der Waals surface area contributed by atoms with Gasteiger partial charge in [0.2, 0.25) is 5.82 Å². The molecule has 0 amide bonds. The van der Waals surface area contributed by atoms with E-state index in [-0.39, 0.29) is 22.9 Å². The predicted octanol–water partition coefficient (Wildman–Crippen LogP) is 7.38. The minimum absolute atomic E-state index is 0.0896. The number of phenolic OH excluding ortho intramolecular Hbond substituents is 1. The van der Waals surface area contributed by atoms with E-state index in [0.29, 0.717) is 26.7 Å². The van der Waals surface area contributed by atoms with Crippen LogP contribution in [-0.4, -0.2) is 15.2 Å². The molecule has 4 nitrogen and oxygen atoms in total. The monoisotopic (exact) mass is 438 g/mol. The maximum atomic E-state index is 11.1. The van der Waals surface area contributed by atoms with Crippen molar-refractivity contribution in [3.8, 4) is 39.7 Å². The van der Waals surface area contributed by atoms with E-state index >= 15 is 0 Å². The molecule has 0 aliphatic rings. The topological polar surface area (TPSA) is 59.2 Å². The number of benzene rings is 3. The first kappa shape index (κ1) is 20.5. The number of halogens is 2. The van der Waals surface area contributed by atoms with Crippen LogP contribution in [0.15, 0.2) is 65.2 Å². The van der Waals surface area contributed by atoms with Gasteiger partial charge in [0.05, 0.1) is 21.2 Å². The maximum Gasteiger partial charge on any atom is 0.261 e. The van der Waals surface area contributed by atoms with E-state index < -0.39 is 0 Å². The second kappa shape index (κ2) is 7.78. The zero-order chi connectivity index (χ0) is 21.5. The molecule has 1 heterocycles. The van der Waals surface area contributed by atoms with Crippen LogP contribution in [0.25, 0.3) is 34.0 Å². The van der Waals surface area contributed by atoms with Gasteiger partial charge < -0.3 is 9.63 Å². The van der Waals surface area contributed by atoms with Gasteiger partial charge in [0.25, 0.3) is 5.89 Å². The molecule has 30 heavy (non-hydrogen) atoms. The molecule has 1 N–H and O–H groups in total. The minimum Gasteiger partial charge on any atom is -0.507 e. The maximum absolute atomic E-state index is 11.1. The summed E-state index contributed by atoms with van der Waals surface area (Å²) in [7, 11) is 0. The smallest absolute Gasteiger partial charge is 0.261 e. The lowest BCUT2D eigenvalue weighted by Crippen LogP contribution is -2.11. The highest BCUT2D eigenvalue weighted by molar-refractivity contribution is 6.38. The Balaban J connectivity index is 1.90. The molecule has 4 rings (SSSR count). The Bertz CT molecular complexity index is 1190. The first-order valence-corrected chi connectivity index (χ1v) is 10.2. The van der Waals surface area contributed by atoms with Crippen molar-refractivity contribution >= 4 is 23.2 Å². The van der Waals surface area contributed by atoms with E-state index in [0.717, 1.165) is 11.1 Å². The summed E-state index contributed by atoms with van der Waals surface area (Å²) in [6, 6.07) is 18.8. The van der Waals surface area contributed by atoms with Gasteiger partial charge in [-0.3, -0.25) is 0 Å². The highest BCUT2D eigenvalue weighted by Crippen LogP contribution is 2.42. The summed E-state index contributed by atoms with van der Waals surface area (Å²) in [5.74, 6) is 0.552. The normalized spacial score (nSPS) is 11.6. The van der Waals surface area contributed by atoms with Crippen LogP contribution in [0, 0.1) is 0 Å². The molecular weight excluding hydrogens is 419 g/mol. The third-order valence-corrected chi connectivity index (χ3v) is 5.53. The summed E-state index contributed by atoms with van der Waals surface area (Å²) in [6.07, 6.45) is 0. The summed E-state index contributed by atoms with van der Waals surface area (Å²) in [4.78, 5) is 4.48. The number of aromatic hydroxyl groups is 1. The molecule has 0 aliphatic carbocycles. The van der Waals surface area contributed by atoms with Crippen molar-refractivity contribution in [3.63, 3.8) is 0 Å². The molecule has 0 fully saturated rings. The average molecular weight is 439 g/mol. The van der Waals surface area contributed by atoms with Crippen molar-refractivity contribution in [3.05, 3.63) is 76.3 Å². The third kappa shape index (κ3) is 3.81. The van der Waals surface area contributed by atoms with Gasteiger partial charge in [-0.2, -0.15) is 4.98 Å². The number of hydrogen-bond donors (Lipinski definition) is 1. The van der Waals surface area contributed by atoms with Crippen molar-refractivity contribution in [1.29, 1.82) is 0 Å². The minimum atomic E-state index is -0.148. The first-order chi connectivity index (χ1) is 14.3. The van der Waals surface area contributed by atoms with Crippen LogP contribution >= 0.6 is 23.2 Å². The fourth-order valence-corrected chi connectivity index (χ4v) is 3.77. The van der Waals surface area contributed by atoms with E-state index in [4.69, 9.17) is 27.7 Å². The quantitative estimate of drug-likeness (QED) is 0.362. The largest absolute Gasteiger partial charge is 0.507 e. The summed E-state index contributed by atoms with van der Waals surface area (Å²) in [5.41, 5.74) is 3.45. The Morgan fingerprint density at radius 2 is 1.50 bits per heavy atom. The second-order valence-electron chi connectivity index (χ2n) is 8.06. The van der Waals surface area contributed by atoms with Crippen LogP contribution in [0.5, 0.6) is 5.75 Å². The average Bonchev–Trinajstić information content (AvgIpc) is 3.17. The zero-order valence-electron chi connectivity index (χ0n) is 16.8. The van der Waals surface area contributed by atoms with E-state index in [9.17, 15) is 5.11 Å². The third-order valence-electron chi connectivity index (χ3n) is 4.90. The van der Waals surface area contributed by atoms with Crippen LogP contribution in [0.2, 0.25) is 10.0 Å². The summed E-state index contributed by atoms with van der Waals surface area (Å²) in [6.45, 7) is 6.34. The molecule has 0 bridgehead atoms. The van der Waals surface area contributed by atoms with E-state index in [1.54, 1.807) is 18.2 Å². The lowest BCUT2D eigenvalue weighted by atomic mass is 9.83. The van der Waals surface area contributed by atoms with Crippen LogP contribution in [0.4, 0.5) is 0 Å². The lowest BCUT2D eigenvalue weighted by molar-refractivity contribution is 0.431. The Morgan fingerprint density at radius 1 is 0.867 bits per heavy atom. The van der Waals surface area contributed by atoms with Crippen molar-refractivity contribution < 1.29 is 9.63 Å². The fraction of sp³-hybridized carbons (Fsp3) is 0.167. The molecule has 0 atom stereocenters. The Hall–Kier alpha value is -2.82. The number of phenols is 1. The standard InChI is InChI=1S/C24H20Cl2N2O2/c1-24(2,3)15-12-16(14-8-5-4-6-9-14)21(29)17(13-15)22-27-23(30-28-22)20-18(25)10-7-11-19(20)26/h4-13,29H,1-3H3. The predicted molar refractivity (Wildman–Crippen MR) is 121 cm³/mol. The molecule has 0 radical (unpaired) electrons. The number of rotatable bonds is 3. The lowest BCUT2D eigenvalue weighted by Gasteiger charge is -2.22. The number of hydrogen-bond acceptors (Lipinski definition) is 4.